The lowest BCUT2D eigenvalue weighted by Gasteiger charge is -2.19. The molecule has 2 nitrogen and oxygen atoms in total. The normalized spacial score (nSPS) is 13.6. The van der Waals surface area contributed by atoms with Crippen molar-refractivity contribution in [1.82, 2.24) is 0 Å². The first-order chi connectivity index (χ1) is 4.81. The van der Waals surface area contributed by atoms with Gasteiger partial charge in [0.1, 0.15) is 0 Å². The zero-order valence-electron chi connectivity index (χ0n) is 5.21. The first kappa shape index (κ1) is 10.6. The Balaban J connectivity index is 4.00. The van der Waals surface area contributed by atoms with E-state index in [1.54, 1.807) is 0 Å². The van der Waals surface area contributed by atoms with Gasteiger partial charge in [0, 0.05) is 6.61 Å². The molecule has 0 atom stereocenters. The molecule has 0 aromatic carbocycles. The summed E-state index contributed by atoms with van der Waals surface area (Å²) >= 11 is 0. The molecule has 0 saturated heterocycles. The first-order valence-electron chi connectivity index (χ1n) is 2.54. The molecule has 0 spiro atoms. The minimum atomic E-state index is -5.69. The summed E-state index contributed by atoms with van der Waals surface area (Å²) in [5.74, 6) is 0. The maximum Gasteiger partial charge on any atom is 0.482 e. The Morgan fingerprint density at radius 3 is 1.82 bits per heavy atom. The maximum atomic E-state index is 11.7. The van der Waals surface area contributed by atoms with E-state index in [4.69, 9.17) is 5.73 Å². The van der Waals surface area contributed by atoms with Crippen LogP contribution in [0.4, 0.5) is 22.0 Å². The van der Waals surface area contributed by atoms with E-state index in [2.05, 4.69) is 4.74 Å². The number of halogens is 5. The Bertz CT molecular complexity index is 122. The molecule has 0 aromatic rings. The molecule has 11 heavy (non-hydrogen) atoms. The molecule has 0 aromatic heterocycles. The van der Waals surface area contributed by atoms with Gasteiger partial charge in [-0.25, -0.2) is 0 Å². The lowest BCUT2D eigenvalue weighted by Crippen LogP contribution is -2.39. The fraction of sp³-hybridized carbons (Fsp3) is 1.00. The molecule has 0 aliphatic carbocycles. The van der Waals surface area contributed by atoms with Crippen LogP contribution >= 0.6 is 0 Å². The molecule has 0 fully saturated rings. The highest BCUT2D eigenvalue weighted by Crippen LogP contribution is 2.35. The van der Waals surface area contributed by atoms with E-state index in [9.17, 15) is 22.0 Å². The molecule has 68 valence electrons. The molecule has 0 amide bonds. The van der Waals surface area contributed by atoms with Crippen molar-refractivity contribution in [3.8, 4) is 0 Å². The van der Waals surface area contributed by atoms with Crippen molar-refractivity contribution in [2.75, 3.05) is 13.2 Å². The number of rotatable bonds is 3. The molecule has 0 heterocycles. The average molecular weight is 178 g/mol. The minimum absolute atomic E-state index is 0.633. The van der Waals surface area contributed by atoms with E-state index in [1.165, 1.54) is 0 Å². The lowest BCUT2D eigenvalue weighted by molar-refractivity contribution is -0.390. The Morgan fingerprint density at radius 1 is 1.09 bits per heavy atom. The van der Waals surface area contributed by atoms with Gasteiger partial charge in [0.2, 0.25) is 0 Å². The number of hydrogen-bond acceptors (Lipinski definition) is 1. The fourth-order valence-corrected chi connectivity index (χ4v) is 0.261. The summed E-state index contributed by atoms with van der Waals surface area (Å²) in [6.45, 7) is -1.57. The molecule has 0 saturated carbocycles. The van der Waals surface area contributed by atoms with Gasteiger partial charge in [0.05, 0.1) is 0 Å². The van der Waals surface area contributed by atoms with Crippen LogP contribution in [0.25, 0.3) is 5.73 Å². The van der Waals surface area contributed by atoms with E-state index in [-0.39, 0.29) is 0 Å². The van der Waals surface area contributed by atoms with Gasteiger partial charge in [-0.15, -0.1) is 6.54 Å². The third-order valence-electron chi connectivity index (χ3n) is 0.715. The van der Waals surface area contributed by atoms with Crippen LogP contribution in [0.1, 0.15) is 0 Å². The standard InChI is InChI=1S/C4H5F5NO/c5-3(6,7)4(8,9)11-2-1-10/h10H,1-2H2/q-1. The second-order valence-corrected chi connectivity index (χ2v) is 1.61. The highest BCUT2D eigenvalue weighted by Gasteiger charge is 2.59. The Hall–Kier alpha value is -0.430. The van der Waals surface area contributed by atoms with Crippen molar-refractivity contribution < 1.29 is 26.7 Å². The van der Waals surface area contributed by atoms with Crippen molar-refractivity contribution in [2.24, 2.45) is 0 Å². The zero-order chi connectivity index (χ0) is 9.12. The summed E-state index contributed by atoms with van der Waals surface area (Å²) in [4.78, 5) is 0. The van der Waals surface area contributed by atoms with Gasteiger partial charge in [-0.05, 0) is 0 Å². The highest BCUT2D eigenvalue weighted by atomic mass is 19.4. The van der Waals surface area contributed by atoms with E-state index < -0.39 is 25.4 Å². The second-order valence-electron chi connectivity index (χ2n) is 1.61. The number of nitrogens with one attached hydrogen (secondary N) is 1. The lowest BCUT2D eigenvalue weighted by atomic mass is 10.6. The fourth-order valence-electron chi connectivity index (χ4n) is 0.261. The molecule has 0 aliphatic heterocycles. The number of alkyl halides is 5. The van der Waals surface area contributed by atoms with Crippen LogP contribution < -0.4 is 0 Å². The van der Waals surface area contributed by atoms with Gasteiger partial charge in [-0.2, -0.15) is 22.0 Å². The van der Waals surface area contributed by atoms with Gasteiger partial charge < -0.3 is 10.5 Å². The van der Waals surface area contributed by atoms with Gasteiger partial charge in [0.15, 0.2) is 0 Å². The maximum absolute atomic E-state index is 11.7. The monoisotopic (exact) mass is 178 g/mol. The Kier molecular flexibility index (Phi) is 3.18. The van der Waals surface area contributed by atoms with Gasteiger partial charge >= 0.3 is 12.3 Å². The van der Waals surface area contributed by atoms with Crippen LogP contribution in [0, 0.1) is 0 Å². The summed E-state index contributed by atoms with van der Waals surface area (Å²) in [7, 11) is 0. The molecular formula is C4H5F5NO-. The summed E-state index contributed by atoms with van der Waals surface area (Å²) in [5.41, 5.74) is 6.26. The largest absolute Gasteiger partial charge is 0.676 e. The molecule has 0 bridgehead atoms. The van der Waals surface area contributed by atoms with E-state index >= 15 is 0 Å². The predicted molar refractivity (Wildman–Crippen MR) is 26.1 cm³/mol. The van der Waals surface area contributed by atoms with Crippen molar-refractivity contribution in [2.45, 2.75) is 12.3 Å². The van der Waals surface area contributed by atoms with Crippen LogP contribution in [0.15, 0.2) is 0 Å². The number of hydrogen-bond donors (Lipinski definition) is 0. The summed E-state index contributed by atoms with van der Waals surface area (Å²) < 4.78 is 60.1. The highest BCUT2D eigenvalue weighted by molar-refractivity contribution is 4.64. The molecule has 0 aliphatic rings. The van der Waals surface area contributed by atoms with Crippen LogP contribution in [-0.4, -0.2) is 25.4 Å². The average Bonchev–Trinajstić information content (AvgIpc) is 1.81. The molecular weight excluding hydrogens is 173 g/mol. The Morgan fingerprint density at radius 2 is 1.55 bits per heavy atom. The van der Waals surface area contributed by atoms with E-state index in [1.807, 2.05) is 0 Å². The SMILES string of the molecule is [NH-]CCOC(F)(F)C(F)(F)F. The Labute approximate surface area is 59.1 Å². The van der Waals surface area contributed by atoms with Gasteiger partial charge in [-0.1, -0.05) is 0 Å². The summed E-state index contributed by atoms with van der Waals surface area (Å²) in [5, 5.41) is 0. The topological polar surface area (TPSA) is 33.0 Å². The molecule has 1 N–H and O–H groups in total. The predicted octanol–water partition coefficient (Wildman–Crippen LogP) is 2.21. The van der Waals surface area contributed by atoms with Gasteiger partial charge in [-0.3, -0.25) is 0 Å². The third-order valence-corrected chi connectivity index (χ3v) is 0.715. The molecule has 0 rings (SSSR count). The van der Waals surface area contributed by atoms with Gasteiger partial charge in [0.25, 0.3) is 0 Å². The van der Waals surface area contributed by atoms with Crippen molar-refractivity contribution in [3.63, 3.8) is 0 Å². The van der Waals surface area contributed by atoms with Crippen LogP contribution in [0.5, 0.6) is 0 Å². The number of ether oxygens (including phenoxy) is 1. The molecule has 0 unspecified atom stereocenters. The van der Waals surface area contributed by atoms with E-state index in [0.29, 0.717) is 0 Å². The molecule has 0 radical (unpaired) electrons. The van der Waals surface area contributed by atoms with Crippen molar-refractivity contribution in [1.29, 1.82) is 0 Å². The first-order valence-corrected chi connectivity index (χ1v) is 2.54. The smallest absolute Gasteiger partial charge is 0.482 e. The molecule has 7 heteroatoms. The van der Waals surface area contributed by atoms with Crippen molar-refractivity contribution in [3.05, 3.63) is 5.73 Å². The zero-order valence-corrected chi connectivity index (χ0v) is 5.21. The third kappa shape index (κ3) is 2.98. The second kappa shape index (κ2) is 3.31. The summed E-state index contributed by atoms with van der Waals surface area (Å²) in [6, 6.07) is 0. The van der Waals surface area contributed by atoms with Crippen LogP contribution in [0.3, 0.4) is 0 Å². The van der Waals surface area contributed by atoms with Crippen LogP contribution in [0.2, 0.25) is 0 Å². The minimum Gasteiger partial charge on any atom is -0.676 e. The summed E-state index contributed by atoms with van der Waals surface area (Å²) in [6.07, 6.45) is -10.8. The quantitative estimate of drug-likeness (QED) is 0.610. The van der Waals surface area contributed by atoms with E-state index in [0.717, 1.165) is 0 Å². The van der Waals surface area contributed by atoms with Crippen molar-refractivity contribution >= 4 is 0 Å². The van der Waals surface area contributed by atoms with Crippen LogP contribution in [-0.2, 0) is 4.74 Å².